The summed E-state index contributed by atoms with van der Waals surface area (Å²) in [4.78, 5) is 10.6. The van der Waals surface area contributed by atoms with Gasteiger partial charge < -0.3 is 14.6 Å². The molecule has 1 aromatic heterocycles. The zero-order chi connectivity index (χ0) is 15.1. The van der Waals surface area contributed by atoms with Gasteiger partial charge in [0.25, 0.3) is 10.0 Å². The molecule has 1 aromatic rings. The average molecular weight is 291 g/mol. The van der Waals surface area contributed by atoms with E-state index in [-0.39, 0.29) is 0 Å². The normalized spacial score (nSPS) is 13.5. The summed E-state index contributed by atoms with van der Waals surface area (Å²) < 4.78 is 31.1. The van der Waals surface area contributed by atoms with Gasteiger partial charge in [-0.05, 0) is 39.8 Å². The number of aromatic carboxylic acids is 1. The molecule has 108 valence electrons. The Morgan fingerprint density at radius 3 is 2.16 bits per heavy atom. The number of hydrogen-bond acceptors (Lipinski definition) is 5. The third-order valence-corrected chi connectivity index (χ3v) is 4.50. The van der Waals surface area contributed by atoms with E-state index in [2.05, 4.69) is 4.72 Å². The van der Waals surface area contributed by atoms with Gasteiger partial charge in [0.2, 0.25) is 10.9 Å². The van der Waals surface area contributed by atoms with Crippen molar-refractivity contribution in [2.75, 3.05) is 0 Å². The van der Waals surface area contributed by atoms with Gasteiger partial charge in [-0.3, -0.25) is 0 Å². The van der Waals surface area contributed by atoms with Gasteiger partial charge in [0, 0.05) is 0 Å². The van der Waals surface area contributed by atoms with Crippen LogP contribution in [0.25, 0.3) is 0 Å². The number of sulfonamides is 1. The summed E-state index contributed by atoms with van der Waals surface area (Å²) in [5.74, 6) is -1.83. The maximum atomic E-state index is 12.0. The van der Waals surface area contributed by atoms with Gasteiger partial charge in [-0.15, -0.1) is 0 Å². The molecule has 0 aliphatic heterocycles. The number of hydrogen-bond donors (Lipinski definition) is 3. The molecule has 0 bridgehead atoms. The highest BCUT2D eigenvalue weighted by atomic mass is 32.2. The van der Waals surface area contributed by atoms with E-state index in [0.29, 0.717) is 0 Å². The lowest BCUT2D eigenvalue weighted by atomic mass is 9.87. The van der Waals surface area contributed by atoms with E-state index in [4.69, 9.17) is 9.52 Å². The van der Waals surface area contributed by atoms with Crippen LogP contribution < -0.4 is 4.72 Å². The summed E-state index contributed by atoms with van der Waals surface area (Å²) in [5.41, 5.74) is -2.48. The zero-order valence-electron chi connectivity index (χ0n) is 11.1. The Bertz CT molecular complexity index is 579. The molecule has 0 radical (unpaired) electrons. The second-order valence-corrected chi connectivity index (χ2v) is 6.83. The molecule has 3 N–H and O–H groups in total. The van der Waals surface area contributed by atoms with E-state index in [1.54, 1.807) is 0 Å². The van der Waals surface area contributed by atoms with Crippen LogP contribution in [0.15, 0.2) is 21.6 Å². The quantitative estimate of drug-likeness (QED) is 0.739. The van der Waals surface area contributed by atoms with Crippen molar-refractivity contribution < 1.29 is 27.8 Å². The van der Waals surface area contributed by atoms with E-state index in [0.717, 1.165) is 12.1 Å². The van der Waals surface area contributed by atoms with Crippen LogP contribution in [0.4, 0.5) is 0 Å². The predicted molar refractivity (Wildman–Crippen MR) is 66.4 cm³/mol. The van der Waals surface area contributed by atoms with Crippen molar-refractivity contribution in [2.24, 2.45) is 0 Å². The van der Waals surface area contributed by atoms with Gasteiger partial charge >= 0.3 is 5.97 Å². The monoisotopic (exact) mass is 291 g/mol. The summed E-state index contributed by atoms with van der Waals surface area (Å²) in [7, 11) is -4.05. The molecule has 0 atom stereocenters. The van der Waals surface area contributed by atoms with Crippen LogP contribution in [0.1, 0.15) is 38.2 Å². The predicted octanol–water partition coefficient (Wildman–Crippen LogP) is 0.806. The first-order chi connectivity index (χ1) is 8.37. The molecule has 19 heavy (non-hydrogen) atoms. The summed E-state index contributed by atoms with van der Waals surface area (Å²) in [6.07, 6.45) is 0. The summed E-state index contributed by atoms with van der Waals surface area (Å²) >= 11 is 0. The second-order valence-electron chi connectivity index (χ2n) is 5.21. The van der Waals surface area contributed by atoms with Crippen molar-refractivity contribution >= 4 is 16.0 Å². The van der Waals surface area contributed by atoms with E-state index >= 15 is 0 Å². The standard InChI is InChI=1S/C11H17NO6S/c1-10(2,11(3,4)15)12-19(16,17)8-6-5-7(18-8)9(13)14/h5-6,12,15H,1-4H3,(H,13,14). The maximum Gasteiger partial charge on any atom is 0.371 e. The van der Waals surface area contributed by atoms with Crippen molar-refractivity contribution in [3.05, 3.63) is 17.9 Å². The molecule has 0 aromatic carbocycles. The molecule has 0 unspecified atom stereocenters. The lowest BCUT2D eigenvalue weighted by Gasteiger charge is -2.37. The molecular formula is C11H17NO6S. The molecule has 8 heteroatoms. The maximum absolute atomic E-state index is 12.0. The third-order valence-electron chi connectivity index (χ3n) is 2.98. The highest BCUT2D eigenvalue weighted by molar-refractivity contribution is 7.89. The lowest BCUT2D eigenvalue weighted by Crippen LogP contribution is -2.57. The van der Waals surface area contributed by atoms with Gasteiger partial charge in [0.05, 0.1) is 11.1 Å². The number of carboxylic acid groups (broad SMARTS) is 1. The van der Waals surface area contributed by atoms with Crippen molar-refractivity contribution in [3.8, 4) is 0 Å². The van der Waals surface area contributed by atoms with Gasteiger partial charge in [-0.1, -0.05) is 0 Å². The molecule has 7 nitrogen and oxygen atoms in total. The van der Waals surface area contributed by atoms with Crippen LogP contribution in [0.2, 0.25) is 0 Å². The van der Waals surface area contributed by atoms with E-state index in [9.17, 15) is 18.3 Å². The van der Waals surface area contributed by atoms with Crippen molar-refractivity contribution in [1.82, 2.24) is 4.72 Å². The molecule has 1 rings (SSSR count). The first-order valence-electron chi connectivity index (χ1n) is 5.46. The summed E-state index contributed by atoms with van der Waals surface area (Å²) in [6.45, 7) is 5.93. The fourth-order valence-corrected chi connectivity index (χ4v) is 2.56. The number of aliphatic hydroxyl groups is 1. The van der Waals surface area contributed by atoms with Gasteiger partial charge in [-0.25, -0.2) is 17.9 Å². The van der Waals surface area contributed by atoms with Gasteiger partial charge in [-0.2, -0.15) is 0 Å². The first kappa shape index (κ1) is 15.7. The van der Waals surface area contributed by atoms with Crippen molar-refractivity contribution in [3.63, 3.8) is 0 Å². The molecule has 0 amide bonds. The minimum atomic E-state index is -4.05. The van der Waals surface area contributed by atoms with Gasteiger partial charge in [0.1, 0.15) is 0 Å². The topological polar surface area (TPSA) is 117 Å². The van der Waals surface area contributed by atoms with Crippen LogP contribution in [0, 0.1) is 0 Å². The average Bonchev–Trinajstić information content (AvgIpc) is 2.62. The fraction of sp³-hybridized carbons (Fsp3) is 0.545. The number of carboxylic acids is 1. The molecule has 0 spiro atoms. The molecule has 0 saturated carbocycles. The first-order valence-corrected chi connectivity index (χ1v) is 6.95. The van der Waals surface area contributed by atoms with Crippen LogP contribution in [0.5, 0.6) is 0 Å². The van der Waals surface area contributed by atoms with Gasteiger partial charge in [0.15, 0.2) is 0 Å². The Morgan fingerprint density at radius 2 is 1.79 bits per heavy atom. The molecular weight excluding hydrogens is 274 g/mol. The van der Waals surface area contributed by atoms with Crippen molar-refractivity contribution in [2.45, 2.75) is 43.9 Å². The molecule has 0 saturated heterocycles. The van der Waals surface area contributed by atoms with E-state index in [1.165, 1.54) is 27.7 Å². The Morgan fingerprint density at radius 1 is 1.26 bits per heavy atom. The molecule has 0 aliphatic rings. The third kappa shape index (κ3) is 3.34. The molecule has 0 fully saturated rings. The summed E-state index contributed by atoms with van der Waals surface area (Å²) in [6, 6.07) is 2.10. The van der Waals surface area contributed by atoms with E-state index in [1.807, 2.05) is 0 Å². The SMILES string of the molecule is CC(C)(O)C(C)(C)NS(=O)(=O)c1ccc(C(=O)O)o1. The smallest absolute Gasteiger partial charge is 0.371 e. The molecule has 1 heterocycles. The van der Waals surface area contributed by atoms with Crippen LogP contribution >= 0.6 is 0 Å². The molecule has 0 aliphatic carbocycles. The Labute approximate surface area is 111 Å². The second kappa shape index (κ2) is 4.62. The minimum Gasteiger partial charge on any atom is -0.475 e. The van der Waals surface area contributed by atoms with Crippen LogP contribution in [-0.4, -0.2) is 35.7 Å². The zero-order valence-corrected chi connectivity index (χ0v) is 11.9. The van der Waals surface area contributed by atoms with Crippen LogP contribution in [0.3, 0.4) is 0 Å². The van der Waals surface area contributed by atoms with Crippen LogP contribution in [-0.2, 0) is 10.0 Å². The Kier molecular flexibility index (Phi) is 3.81. The number of carbonyl (C=O) groups is 1. The Hall–Kier alpha value is -1.38. The Balaban J connectivity index is 3.08. The highest BCUT2D eigenvalue weighted by Crippen LogP contribution is 2.24. The number of furan rings is 1. The largest absolute Gasteiger partial charge is 0.475 e. The minimum absolute atomic E-state index is 0.471. The van der Waals surface area contributed by atoms with E-state index < -0.39 is 38.0 Å². The number of rotatable bonds is 5. The summed E-state index contributed by atoms with van der Waals surface area (Å²) in [5, 5.41) is 18.1. The fourth-order valence-electron chi connectivity index (χ4n) is 1.09. The highest BCUT2D eigenvalue weighted by Gasteiger charge is 2.39. The lowest BCUT2D eigenvalue weighted by molar-refractivity contribution is 0.00621. The number of nitrogens with one attached hydrogen (secondary N) is 1. The van der Waals surface area contributed by atoms with Crippen molar-refractivity contribution in [1.29, 1.82) is 0 Å².